The number of piperazine rings is 1. The molecular weight excluding hydrogens is 252 g/mol. The lowest BCUT2D eigenvalue weighted by atomic mass is 10.2. The first kappa shape index (κ1) is 13.4. The Hall–Kier alpha value is -1.07. The van der Waals surface area contributed by atoms with Crippen LogP contribution in [0.4, 0.5) is 0 Å². The SMILES string of the molecule is C[C@@H]1CNCCN1C(=O)c1cc(C2CC2)[nH]n1.Cl. The van der Waals surface area contributed by atoms with Crippen molar-refractivity contribution in [2.24, 2.45) is 0 Å². The number of halogens is 1. The molecule has 18 heavy (non-hydrogen) atoms. The minimum atomic E-state index is 0. The Morgan fingerprint density at radius 2 is 2.28 bits per heavy atom. The molecule has 1 saturated carbocycles. The lowest BCUT2D eigenvalue weighted by Crippen LogP contribution is -2.52. The summed E-state index contributed by atoms with van der Waals surface area (Å²) >= 11 is 0. The molecule has 2 heterocycles. The van der Waals surface area contributed by atoms with Crippen LogP contribution in [0, 0.1) is 0 Å². The molecule has 1 aromatic rings. The van der Waals surface area contributed by atoms with E-state index in [2.05, 4.69) is 22.4 Å². The van der Waals surface area contributed by atoms with E-state index in [0.717, 1.165) is 25.3 Å². The highest BCUT2D eigenvalue weighted by Crippen LogP contribution is 2.39. The summed E-state index contributed by atoms with van der Waals surface area (Å²) in [5.74, 6) is 0.673. The van der Waals surface area contributed by atoms with E-state index in [4.69, 9.17) is 0 Å². The van der Waals surface area contributed by atoms with Gasteiger partial charge in [-0.05, 0) is 25.8 Å². The topological polar surface area (TPSA) is 61.0 Å². The molecule has 1 aliphatic heterocycles. The molecule has 0 unspecified atom stereocenters. The van der Waals surface area contributed by atoms with E-state index in [1.54, 1.807) is 0 Å². The van der Waals surface area contributed by atoms with Gasteiger partial charge in [-0.2, -0.15) is 5.10 Å². The first-order chi connectivity index (χ1) is 8.25. The second kappa shape index (κ2) is 5.28. The maximum Gasteiger partial charge on any atom is 0.274 e. The normalized spacial score (nSPS) is 23.6. The molecule has 1 atom stereocenters. The molecule has 3 rings (SSSR count). The molecule has 1 saturated heterocycles. The van der Waals surface area contributed by atoms with Crippen LogP contribution in [0.3, 0.4) is 0 Å². The Bertz CT molecular complexity index is 429. The number of aromatic nitrogens is 2. The summed E-state index contributed by atoms with van der Waals surface area (Å²) in [5, 5.41) is 10.4. The molecule has 5 nitrogen and oxygen atoms in total. The van der Waals surface area contributed by atoms with Gasteiger partial charge in [0.1, 0.15) is 5.69 Å². The van der Waals surface area contributed by atoms with Crippen molar-refractivity contribution in [2.45, 2.75) is 31.7 Å². The van der Waals surface area contributed by atoms with Gasteiger partial charge in [0.2, 0.25) is 0 Å². The van der Waals surface area contributed by atoms with Gasteiger partial charge < -0.3 is 10.2 Å². The minimum absolute atomic E-state index is 0. The Morgan fingerprint density at radius 1 is 1.50 bits per heavy atom. The third kappa shape index (κ3) is 2.52. The van der Waals surface area contributed by atoms with Gasteiger partial charge in [0, 0.05) is 37.3 Å². The van der Waals surface area contributed by atoms with Crippen molar-refractivity contribution >= 4 is 18.3 Å². The number of carbonyl (C=O) groups is 1. The Morgan fingerprint density at radius 3 is 2.94 bits per heavy atom. The third-order valence-electron chi connectivity index (χ3n) is 3.60. The lowest BCUT2D eigenvalue weighted by molar-refractivity contribution is 0.0649. The molecule has 100 valence electrons. The van der Waals surface area contributed by atoms with Crippen molar-refractivity contribution in [3.8, 4) is 0 Å². The van der Waals surface area contributed by atoms with Crippen LogP contribution in [0.5, 0.6) is 0 Å². The molecule has 0 aromatic carbocycles. The number of nitrogens with one attached hydrogen (secondary N) is 2. The summed E-state index contributed by atoms with van der Waals surface area (Å²) in [7, 11) is 0. The van der Waals surface area contributed by atoms with E-state index < -0.39 is 0 Å². The van der Waals surface area contributed by atoms with Gasteiger partial charge in [0.25, 0.3) is 5.91 Å². The van der Waals surface area contributed by atoms with Crippen LogP contribution in [0.15, 0.2) is 6.07 Å². The van der Waals surface area contributed by atoms with E-state index in [1.165, 1.54) is 12.8 Å². The molecule has 0 bridgehead atoms. The molecule has 0 radical (unpaired) electrons. The summed E-state index contributed by atoms with van der Waals surface area (Å²) in [6.45, 7) is 4.58. The van der Waals surface area contributed by atoms with Crippen molar-refractivity contribution < 1.29 is 4.79 Å². The number of nitrogens with zero attached hydrogens (tertiary/aromatic N) is 2. The van der Waals surface area contributed by atoms with E-state index in [9.17, 15) is 4.79 Å². The first-order valence-corrected chi connectivity index (χ1v) is 6.32. The molecule has 1 aliphatic carbocycles. The maximum atomic E-state index is 12.3. The fraction of sp³-hybridized carbons (Fsp3) is 0.667. The number of hydrogen-bond donors (Lipinski definition) is 2. The van der Waals surface area contributed by atoms with Crippen molar-refractivity contribution in [3.05, 3.63) is 17.5 Å². The number of H-pyrrole nitrogens is 1. The highest BCUT2D eigenvalue weighted by Gasteiger charge is 2.29. The Kier molecular flexibility index (Phi) is 3.92. The monoisotopic (exact) mass is 270 g/mol. The van der Waals surface area contributed by atoms with Crippen LogP contribution in [-0.2, 0) is 0 Å². The predicted octanol–water partition coefficient (Wildman–Crippen LogP) is 1.14. The lowest BCUT2D eigenvalue weighted by Gasteiger charge is -2.33. The van der Waals surface area contributed by atoms with Gasteiger partial charge in [0.15, 0.2) is 0 Å². The van der Waals surface area contributed by atoms with Gasteiger partial charge in [-0.15, -0.1) is 12.4 Å². The van der Waals surface area contributed by atoms with Gasteiger partial charge in [-0.25, -0.2) is 0 Å². The number of hydrogen-bond acceptors (Lipinski definition) is 3. The molecular formula is C12H19ClN4O. The van der Waals surface area contributed by atoms with Crippen molar-refractivity contribution in [3.63, 3.8) is 0 Å². The van der Waals surface area contributed by atoms with Crippen LogP contribution in [0.1, 0.15) is 41.9 Å². The average molecular weight is 271 g/mol. The Labute approximate surface area is 113 Å². The summed E-state index contributed by atoms with van der Waals surface area (Å²) in [6.07, 6.45) is 2.44. The largest absolute Gasteiger partial charge is 0.332 e. The fourth-order valence-corrected chi connectivity index (χ4v) is 2.34. The summed E-state index contributed by atoms with van der Waals surface area (Å²) < 4.78 is 0. The van der Waals surface area contributed by atoms with Crippen LogP contribution < -0.4 is 5.32 Å². The van der Waals surface area contributed by atoms with E-state index in [0.29, 0.717) is 11.6 Å². The number of aromatic amines is 1. The van der Waals surface area contributed by atoms with Gasteiger partial charge in [-0.3, -0.25) is 9.89 Å². The summed E-state index contributed by atoms with van der Waals surface area (Å²) in [6, 6.07) is 2.17. The zero-order valence-electron chi connectivity index (χ0n) is 10.5. The van der Waals surface area contributed by atoms with E-state index in [1.807, 2.05) is 11.0 Å². The standard InChI is InChI=1S/C12H18N4O.ClH/c1-8-7-13-4-5-16(8)12(17)11-6-10(14-15-11)9-2-3-9;/h6,8-9,13H,2-5,7H2,1H3,(H,14,15);1H/t8-;/m1./s1. The van der Waals surface area contributed by atoms with Crippen molar-refractivity contribution in [1.82, 2.24) is 20.4 Å². The number of amides is 1. The minimum Gasteiger partial charge on any atom is -0.332 e. The average Bonchev–Trinajstić information content (AvgIpc) is 3.07. The number of rotatable bonds is 2. The molecule has 1 aromatic heterocycles. The van der Waals surface area contributed by atoms with Crippen molar-refractivity contribution in [1.29, 1.82) is 0 Å². The van der Waals surface area contributed by atoms with Crippen molar-refractivity contribution in [2.75, 3.05) is 19.6 Å². The van der Waals surface area contributed by atoms with Crippen LogP contribution >= 0.6 is 12.4 Å². The van der Waals surface area contributed by atoms with Gasteiger partial charge in [-0.1, -0.05) is 0 Å². The Balaban J connectivity index is 0.00000120. The predicted molar refractivity (Wildman–Crippen MR) is 71.2 cm³/mol. The third-order valence-corrected chi connectivity index (χ3v) is 3.60. The summed E-state index contributed by atoms with van der Waals surface area (Å²) in [4.78, 5) is 14.2. The fourth-order valence-electron chi connectivity index (χ4n) is 2.34. The zero-order chi connectivity index (χ0) is 11.8. The van der Waals surface area contributed by atoms with Crippen LogP contribution in [0.2, 0.25) is 0 Å². The number of carbonyl (C=O) groups excluding carboxylic acids is 1. The molecule has 6 heteroatoms. The highest BCUT2D eigenvalue weighted by atomic mass is 35.5. The second-order valence-corrected chi connectivity index (χ2v) is 5.03. The zero-order valence-corrected chi connectivity index (χ0v) is 11.3. The van der Waals surface area contributed by atoms with E-state index >= 15 is 0 Å². The van der Waals surface area contributed by atoms with Crippen LogP contribution in [0.25, 0.3) is 0 Å². The summed E-state index contributed by atoms with van der Waals surface area (Å²) in [5.41, 5.74) is 1.69. The van der Waals surface area contributed by atoms with E-state index in [-0.39, 0.29) is 24.4 Å². The molecule has 1 amide bonds. The molecule has 2 fully saturated rings. The molecule has 0 spiro atoms. The van der Waals surface area contributed by atoms with Gasteiger partial charge in [0.05, 0.1) is 0 Å². The molecule has 2 N–H and O–H groups in total. The maximum absolute atomic E-state index is 12.3. The highest BCUT2D eigenvalue weighted by molar-refractivity contribution is 5.92. The van der Waals surface area contributed by atoms with Gasteiger partial charge >= 0.3 is 0 Å². The smallest absolute Gasteiger partial charge is 0.274 e. The van der Waals surface area contributed by atoms with Crippen LogP contribution in [-0.4, -0.2) is 46.7 Å². The molecule has 2 aliphatic rings. The quantitative estimate of drug-likeness (QED) is 0.847. The first-order valence-electron chi connectivity index (χ1n) is 6.32. The second-order valence-electron chi connectivity index (χ2n) is 5.03.